The van der Waals surface area contributed by atoms with Crippen LogP contribution in [0.4, 0.5) is 17.6 Å². The summed E-state index contributed by atoms with van der Waals surface area (Å²) in [4.78, 5) is 14.8. The molecule has 1 aromatic rings. The van der Waals surface area contributed by atoms with E-state index in [4.69, 9.17) is 28.3 Å². The Hall–Kier alpha value is -1.58. The average Bonchev–Trinajstić information content (AvgIpc) is 2.67. The molecule has 0 aromatic heterocycles. The zero-order valence-electron chi connectivity index (χ0n) is 10.2. The van der Waals surface area contributed by atoms with E-state index in [0.29, 0.717) is 12.1 Å². The molecule has 2 rings (SSSR count). The second kappa shape index (κ2) is 5.25. The Balaban J connectivity index is 2.51. The molecule has 1 aliphatic rings. The predicted molar refractivity (Wildman–Crippen MR) is 66.6 cm³/mol. The van der Waals surface area contributed by atoms with Gasteiger partial charge in [0.2, 0.25) is 0 Å². The van der Waals surface area contributed by atoms with Crippen molar-refractivity contribution in [1.29, 1.82) is 0 Å². The third-order valence-corrected chi connectivity index (χ3v) is 3.65. The molecule has 0 radical (unpaired) electrons. The fraction of sp³-hybridized carbons (Fsp3) is 0.273. The third-order valence-electron chi connectivity index (χ3n) is 2.84. The molecule has 11 heteroatoms. The fourth-order valence-electron chi connectivity index (χ4n) is 1.69. The molecule has 0 fully saturated rings. The van der Waals surface area contributed by atoms with E-state index < -0.39 is 51.0 Å². The number of carboxylic acids is 1. The summed E-state index contributed by atoms with van der Waals surface area (Å²) in [6, 6.07) is 1.23. The van der Waals surface area contributed by atoms with Gasteiger partial charge in [-0.05, 0) is 12.1 Å². The number of aliphatic hydroxyl groups is 1. The van der Waals surface area contributed by atoms with E-state index in [1.807, 2.05) is 0 Å². The van der Waals surface area contributed by atoms with Gasteiger partial charge in [0.15, 0.2) is 5.38 Å². The predicted octanol–water partition coefficient (Wildman–Crippen LogP) is 2.77. The highest BCUT2D eigenvalue weighted by atomic mass is 35.5. The van der Waals surface area contributed by atoms with Crippen LogP contribution in [-0.4, -0.2) is 39.2 Å². The van der Waals surface area contributed by atoms with E-state index >= 15 is 0 Å². The lowest BCUT2D eigenvalue weighted by atomic mass is 9.99. The van der Waals surface area contributed by atoms with Crippen LogP contribution in [0, 0.1) is 5.82 Å². The van der Waals surface area contributed by atoms with Gasteiger partial charge < -0.3 is 15.1 Å². The zero-order valence-corrected chi connectivity index (χ0v) is 11.7. The molecule has 0 spiro atoms. The monoisotopic (exact) mass is 361 g/mol. The number of halogens is 6. The van der Waals surface area contributed by atoms with Crippen LogP contribution in [0.2, 0.25) is 5.02 Å². The van der Waals surface area contributed by atoms with Gasteiger partial charge in [0.1, 0.15) is 11.5 Å². The zero-order chi connectivity index (χ0) is 16.9. The summed E-state index contributed by atoms with van der Waals surface area (Å²) in [7, 11) is 0. The number of alkyl halides is 4. The number of aromatic carboxylic acids is 1. The Morgan fingerprint density at radius 2 is 2.00 bits per heavy atom. The second-order valence-corrected chi connectivity index (χ2v) is 5.09. The number of rotatable bonds is 2. The van der Waals surface area contributed by atoms with Crippen LogP contribution in [0.1, 0.15) is 15.9 Å². The van der Waals surface area contributed by atoms with E-state index in [2.05, 4.69) is 9.99 Å². The Morgan fingerprint density at radius 1 is 1.41 bits per heavy atom. The van der Waals surface area contributed by atoms with Crippen LogP contribution in [0.5, 0.6) is 0 Å². The molecule has 0 aliphatic carbocycles. The summed E-state index contributed by atoms with van der Waals surface area (Å²) in [6.07, 6.45) is -5.30. The molecule has 0 bridgehead atoms. The fourth-order valence-corrected chi connectivity index (χ4v) is 2.24. The van der Waals surface area contributed by atoms with Crippen molar-refractivity contribution in [2.75, 3.05) is 0 Å². The number of benzene rings is 1. The number of nitrogens with zero attached hydrogens (tertiary/aromatic N) is 1. The van der Waals surface area contributed by atoms with Crippen LogP contribution in [0.3, 0.4) is 0 Å². The van der Waals surface area contributed by atoms with Crippen LogP contribution in [-0.2, 0) is 4.84 Å². The lowest BCUT2D eigenvalue weighted by molar-refractivity contribution is -0.353. The molecule has 120 valence electrons. The maximum Gasteiger partial charge on any atom is 0.459 e. The summed E-state index contributed by atoms with van der Waals surface area (Å²) in [5.41, 5.74) is -2.06. The first-order chi connectivity index (χ1) is 9.99. The van der Waals surface area contributed by atoms with Crippen molar-refractivity contribution in [3.63, 3.8) is 0 Å². The minimum atomic E-state index is -5.30. The van der Waals surface area contributed by atoms with Crippen molar-refractivity contribution in [3.8, 4) is 0 Å². The van der Waals surface area contributed by atoms with Crippen molar-refractivity contribution in [1.82, 2.24) is 0 Å². The van der Waals surface area contributed by atoms with Gasteiger partial charge in [-0.1, -0.05) is 16.8 Å². The molecular weight excluding hydrogens is 357 g/mol. The van der Waals surface area contributed by atoms with Crippen LogP contribution >= 0.6 is 23.2 Å². The smallest absolute Gasteiger partial charge is 0.459 e. The normalized spacial score (nSPS) is 24.9. The van der Waals surface area contributed by atoms with Gasteiger partial charge in [0.25, 0.3) is 0 Å². The van der Waals surface area contributed by atoms with Crippen molar-refractivity contribution < 1.29 is 37.4 Å². The van der Waals surface area contributed by atoms with E-state index in [0.717, 1.165) is 0 Å². The van der Waals surface area contributed by atoms with Crippen molar-refractivity contribution in [2.45, 2.75) is 17.3 Å². The molecule has 2 unspecified atom stereocenters. The first kappa shape index (κ1) is 16.8. The third kappa shape index (κ3) is 2.49. The number of carbonyl (C=O) groups is 1. The molecule has 1 aliphatic heterocycles. The first-order valence-electron chi connectivity index (χ1n) is 5.41. The molecular formula is C11H5Cl2F4NO4. The molecule has 0 saturated carbocycles. The number of hydrogen-bond donors (Lipinski definition) is 2. The van der Waals surface area contributed by atoms with Gasteiger partial charge in [-0.2, -0.15) is 13.2 Å². The summed E-state index contributed by atoms with van der Waals surface area (Å²) in [6.45, 7) is 0. The molecule has 22 heavy (non-hydrogen) atoms. The maximum atomic E-state index is 13.8. The van der Waals surface area contributed by atoms with Gasteiger partial charge >= 0.3 is 17.9 Å². The van der Waals surface area contributed by atoms with Gasteiger partial charge in [0, 0.05) is 5.56 Å². The lowest BCUT2D eigenvalue weighted by Gasteiger charge is -2.25. The topological polar surface area (TPSA) is 79.1 Å². The average molecular weight is 362 g/mol. The molecule has 5 nitrogen and oxygen atoms in total. The molecule has 0 amide bonds. The van der Waals surface area contributed by atoms with Crippen LogP contribution in [0.15, 0.2) is 17.3 Å². The maximum absolute atomic E-state index is 13.8. The number of carboxylic acid groups (broad SMARTS) is 1. The van der Waals surface area contributed by atoms with E-state index in [1.165, 1.54) is 0 Å². The van der Waals surface area contributed by atoms with Gasteiger partial charge in [0.05, 0.1) is 10.6 Å². The number of hydrogen-bond acceptors (Lipinski definition) is 4. The van der Waals surface area contributed by atoms with Crippen molar-refractivity contribution in [2.24, 2.45) is 5.16 Å². The highest BCUT2D eigenvalue weighted by Gasteiger charge is 2.66. The van der Waals surface area contributed by atoms with E-state index in [1.54, 1.807) is 0 Å². The summed E-state index contributed by atoms with van der Waals surface area (Å²) in [5, 5.41) is 18.4. The van der Waals surface area contributed by atoms with Gasteiger partial charge in [-0.25, -0.2) is 9.18 Å². The first-order valence-corrected chi connectivity index (χ1v) is 6.22. The molecule has 2 atom stereocenters. The Kier molecular flexibility index (Phi) is 4.01. The SMILES string of the molecule is O=C(O)c1cc(C2=NOC(O)(C(F)(F)F)C2Cl)c(F)cc1Cl. The van der Waals surface area contributed by atoms with Crippen molar-refractivity contribution in [3.05, 3.63) is 34.1 Å². The van der Waals surface area contributed by atoms with E-state index in [-0.39, 0.29) is 0 Å². The van der Waals surface area contributed by atoms with Gasteiger partial charge in [-0.15, -0.1) is 11.6 Å². The summed E-state index contributed by atoms with van der Waals surface area (Å²) >= 11 is 11.0. The molecule has 0 saturated heterocycles. The Labute approximate surface area is 129 Å². The Bertz CT molecular complexity index is 679. The second-order valence-electron chi connectivity index (χ2n) is 4.24. The molecule has 2 N–H and O–H groups in total. The standard InChI is InChI=1S/C11H5Cl2F4NO4/c12-5-2-6(14)4(1-3(5)9(19)20)7-8(13)10(21,22-18-7)11(15,16)17/h1-2,8,21H,(H,19,20). The molecule has 1 aromatic carbocycles. The van der Waals surface area contributed by atoms with Crippen molar-refractivity contribution >= 4 is 34.9 Å². The summed E-state index contributed by atoms with van der Waals surface area (Å²) < 4.78 is 52.0. The highest BCUT2D eigenvalue weighted by Crippen LogP contribution is 2.42. The lowest BCUT2D eigenvalue weighted by Crippen LogP contribution is -2.53. The highest BCUT2D eigenvalue weighted by molar-refractivity contribution is 6.37. The van der Waals surface area contributed by atoms with Crippen LogP contribution < -0.4 is 0 Å². The van der Waals surface area contributed by atoms with Crippen LogP contribution in [0.25, 0.3) is 0 Å². The largest absolute Gasteiger partial charge is 0.478 e. The quantitative estimate of drug-likeness (QED) is 0.627. The van der Waals surface area contributed by atoms with Gasteiger partial charge in [-0.3, -0.25) is 0 Å². The van der Waals surface area contributed by atoms with E-state index in [9.17, 15) is 27.5 Å². The Morgan fingerprint density at radius 3 is 2.45 bits per heavy atom. The minimum Gasteiger partial charge on any atom is -0.478 e. The summed E-state index contributed by atoms with van der Waals surface area (Å²) in [5.74, 6) is -6.56. The number of oxime groups is 1. The minimum absolute atomic E-state index is 0.467. The molecule has 1 heterocycles.